The van der Waals surface area contributed by atoms with Crippen molar-refractivity contribution in [2.45, 2.75) is 63.9 Å². The average molecular weight is 266 g/mol. The third kappa shape index (κ3) is 1.06. The highest BCUT2D eigenvalue weighted by Gasteiger charge is 2.89. The largest absolute Gasteiger partial charge is 0.429 e. The summed E-state index contributed by atoms with van der Waals surface area (Å²) in [6, 6.07) is 0. The van der Waals surface area contributed by atoms with Crippen molar-refractivity contribution in [3.8, 4) is 0 Å². The number of hydrogen-bond donors (Lipinski definition) is 1. The Hall–Kier alpha value is -0.610. The predicted molar refractivity (Wildman–Crippen MR) is 67.0 cm³/mol. The summed E-state index contributed by atoms with van der Waals surface area (Å²) in [5.74, 6) is -0.514. The molecule has 2 saturated heterocycles. The van der Waals surface area contributed by atoms with Crippen LogP contribution in [0.1, 0.15) is 46.5 Å². The Morgan fingerprint density at radius 1 is 1.32 bits per heavy atom. The lowest BCUT2D eigenvalue weighted by Gasteiger charge is -2.53. The maximum Gasteiger partial charge on any atom is 0.314 e. The van der Waals surface area contributed by atoms with Gasteiger partial charge in [0.05, 0.1) is 12.0 Å². The standard InChI is InChI=1S/C15H22O4/c1-8-5-4-6-10-7-14-15(19-14,9(2)11(16)18-14)12(17)13(8,10)3/h8-10,12,17H,4-7H2,1-3H3. The monoisotopic (exact) mass is 266 g/mol. The van der Waals surface area contributed by atoms with Gasteiger partial charge in [-0.05, 0) is 25.2 Å². The molecular weight excluding hydrogens is 244 g/mol. The Balaban J connectivity index is 1.81. The normalized spacial score (nSPS) is 62.8. The molecule has 0 aromatic carbocycles. The topological polar surface area (TPSA) is 59.1 Å². The molecule has 0 aromatic heterocycles. The number of hydrogen-bond acceptors (Lipinski definition) is 4. The SMILES string of the molecule is CC1CCCC2CC34OC(=O)C(C)C3(O4)C(O)C12C. The second-order valence-electron chi connectivity index (χ2n) is 7.29. The summed E-state index contributed by atoms with van der Waals surface area (Å²) in [5.41, 5.74) is -0.915. The fourth-order valence-corrected chi connectivity index (χ4v) is 5.23. The van der Waals surface area contributed by atoms with Crippen molar-refractivity contribution in [2.24, 2.45) is 23.2 Å². The number of rotatable bonds is 0. The number of epoxide rings is 1. The van der Waals surface area contributed by atoms with Crippen LogP contribution in [0.5, 0.6) is 0 Å². The highest BCUT2D eigenvalue weighted by atomic mass is 16.8. The Morgan fingerprint density at radius 2 is 2.05 bits per heavy atom. The van der Waals surface area contributed by atoms with E-state index in [0.717, 1.165) is 19.3 Å². The molecule has 2 aliphatic heterocycles. The maximum absolute atomic E-state index is 11.9. The third-order valence-electron chi connectivity index (χ3n) is 6.79. The molecule has 0 bridgehead atoms. The molecule has 19 heavy (non-hydrogen) atoms. The summed E-state index contributed by atoms with van der Waals surface area (Å²) in [6.07, 6.45) is 3.61. The molecule has 0 aromatic rings. The first-order chi connectivity index (χ1) is 8.88. The lowest BCUT2D eigenvalue weighted by Crippen LogP contribution is -2.60. The van der Waals surface area contributed by atoms with Gasteiger partial charge in [-0.2, -0.15) is 0 Å². The number of carbonyl (C=O) groups excluding carboxylic acids is 1. The van der Waals surface area contributed by atoms with E-state index in [1.54, 1.807) is 0 Å². The van der Waals surface area contributed by atoms with Gasteiger partial charge in [-0.15, -0.1) is 0 Å². The first-order valence-electron chi connectivity index (χ1n) is 7.49. The molecule has 4 nitrogen and oxygen atoms in total. The van der Waals surface area contributed by atoms with E-state index < -0.39 is 17.5 Å². The molecule has 106 valence electrons. The van der Waals surface area contributed by atoms with Crippen molar-refractivity contribution >= 4 is 5.97 Å². The van der Waals surface area contributed by atoms with Crippen molar-refractivity contribution in [1.29, 1.82) is 0 Å². The molecule has 1 N–H and O–H groups in total. The van der Waals surface area contributed by atoms with Crippen LogP contribution < -0.4 is 0 Å². The van der Waals surface area contributed by atoms with Crippen molar-refractivity contribution < 1.29 is 19.4 Å². The molecule has 2 heterocycles. The first-order valence-corrected chi connectivity index (χ1v) is 7.49. The molecule has 7 unspecified atom stereocenters. The summed E-state index contributed by atoms with van der Waals surface area (Å²) in [6.45, 7) is 6.24. The molecule has 0 amide bonds. The maximum atomic E-state index is 11.9. The Kier molecular flexibility index (Phi) is 2.03. The summed E-state index contributed by atoms with van der Waals surface area (Å²) >= 11 is 0. The number of esters is 1. The quantitative estimate of drug-likeness (QED) is 0.537. The molecule has 2 aliphatic carbocycles. The minimum Gasteiger partial charge on any atom is -0.429 e. The lowest BCUT2D eigenvalue weighted by atomic mass is 9.51. The second-order valence-corrected chi connectivity index (χ2v) is 7.29. The van der Waals surface area contributed by atoms with E-state index >= 15 is 0 Å². The minimum absolute atomic E-state index is 0.152. The van der Waals surface area contributed by atoms with Crippen LogP contribution in [0.15, 0.2) is 0 Å². The predicted octanol–water partition coefficient (Wildman–Crippen LogP) is 1.85. The van der Waals surface area contributed by atoms with Gasteiger partial charge in [-0.3, -0.25) is 4.79 Å². The highest BCUT2D eigenvalue weighted by molar-refractivity contribution is 5.79. The summed E-state index contributed by atoms with van der Waals surface area (Å²) in [7, 11) is 0. The van der Waals surface area contributed by atoms with Crippen LogP contribution in [-0.2, 0) is 14.3 Å². The molecule has 2 saturated carbocycles. The first kappa shape index (κ1) is 12.2. The van der Waals surface area contributed by atoms with Crippen molar-refractivity contribution in [2.75, 3.05) is 0 Å². The van der Waals surface area contributed by atoms with Gasteiger partial charge >= 0.3 is 5.97 Å². The number of aliphatic hydroxyl groups is 1. The Bertz CT molecular complexity index is 463. The van der Waals surface area contributed by atoms with Crippen molar-refractivity contribution in [3.63, 3.8) is 0 Å². The molecule has 4 rings (SSSR count). The van der Waals surface area contributed by atoms with Crippen LogP contribution in [0.3, 0.4) is 0 Å². The molecule has 4 heteroatoms. The van der Waals surface area contributed by atoms with Crippen molar-refractivity contribution in [3.05, 3.63) is 0 Å². The second kappa shape index (κ2) is 3.17. The Labute approximate surface area is 113 Å². The Morgan fingerprint density at radius 3 is 2.79 bits per heavy atom. The van der Waals surface area contributed by atoms with Crippen LogP contribution in [-0.4, -0.2) is 28.6 Å². The van der Waals surface area contributed by atoms with Gasteiger partial charge in [0.15, 0.2) is 5.60 Å². The third-order valence-corrected chi connectivity index (χ3v) is 6.79. The summed E-state index contributed by atoms with van der Waals surface area (Å²) in [5, 5.41) is 11.0. The van der Waals surface area contributed by atoms with E-state index in [9.17, 15) is 9.90 Å². The smallest absolute Gasteiger partial charge is 0.314 e. The van der Waals surface area contributed by atoms with E-state index in [1.165, 1.54) is 6.42 Å². The van der Waals surface area contributed by atoms with Crippen LogP contribution >= 0.6 is 0 Å². The van der Waals surface area contributed by atoms with Gasteiger partial charge in [0.25, 0.3) is 0 Å². The zero-order chi connectivity index (χ0) is 13.6. The van der Waals surface area contributed by atoms with Crippen molar-refractivity contribution in [1.82, 2.24) is 0 Å². The fourth-order valence-electron chi connectivity index (χ4n) is 5.23. The fraction of sp³-hybridized carbons (Fsp3) is 0.933. The van der Waals surface area contributed by atoms with E-state index in [0.29, 0.717) is 11.8 Å². The van der Waals surface area contributed by atoms with Crippen LogP contribution in [0.4, 0.5) is 0 Å². The van der Waals surface area contributed by atoms with Gasteiger partial charge in [0, 0.05) is 11.8 Å². The highest BCUT2D eigenvalue weighted by Crippen LogP contribution is 2.73. The summed E-state index contributed by atoms with van der Waals surface area (Å²) in [4.78, 5) is 11.9. The van der Waals surface area contributed by atoms with Crippen LogP contribution in [0.2, 0.25) is 0 Å². The van der Waals surface area contributed by atoms with Crippen LogP contribution in [0.25, 0.3) is 0 Å². The minimum atomic E-state index is -0.801. The molecule has 0 spiro atoms. The van der Waals surface area contributed by atoms with Gasteiger partial charge in [0.1, 0.15) is 0 Å². The zero-order valence-electron chi connectivity index (χ0n) is 11.8. The lowest BCUT2D eigenvalue weighted by molar-refractivity contribution is -0.163. The van der Waals surface area contributed by atoms with E-state index in [-0.39, 0.29) is 17.3 Å². The number of carbonyl (C=O) groups is 1. The number of ether oxygens (including phenoxy) is 2. The van der Waals surface area contributed by atoms with Gasteiger partial charge in [-0.25, -0.2) is 0 Å². The van der Waals surface area contributed by atoms with E-state index in [2.05, 4.69) is 13.8 Å². The van der Waals surface area contributed by atoms with Gasteiger partial charge in [0.2, 0.25) is 5.79 Å². The van der Waals surface area contributed by atoms with E-state index in [4.69, 9.17) is 9.47 Å². The molecule has 4 fully saturated rings. The molecular formula is C15H22O4. The molecule has 4 aliphatic rings. The molecule has 7 atom stereocenters. The number of fused-ring (bicyclic) bond motifs is 1. The number of aliphatic hydroxyl groups excluding tert-OH is 1. The van der Waals surface area contributed by atoms with Crippen LogP contribution in [0, 0.1) is 23.2 Å². The average Bonchev–Trinajstić information content (AvgIpc) is 2.96. The molecule has 0 radical (unpaired) electrons. The summed E-state index contributed by atoms with van der Waals surface area (Å²) < 4.78 is 11.4. The van der Waals surface area contributed by atoms with Gasteiger partial charge in [-0.1, -0.05) is 26.7 Å². The van der Waals surface area contributed by atoms with Gasteiger partial charge < -0.3 is 14.6 Å². The van der Waals surface area contributed by atoms with E-state index in [1.807, 2.05) is 6.92 Å². The zero-order valence-corrected chi connectivity index (χ0v) is 11.8.